The van der Waals surface area contributed by atoms with E-state index >= 15 is 0 Å². The standard InChI is InChI=1S/C5H6NS.ClH/c7-6-4-2-1-3-5-6;/h1-5,7H;1H/q+1;/p-1. The number of thiol groups is 1. The Bertz CT molecular complexity index is 142. The van der Waals surface area contributed by atoms with Crippen LogP contribution in [0.4, 0.5) is 0 Å². The number of rotatable bonds is 0. The summed E-state index contributed by atoms with van der Waals surface area (Å²) < 4.78 is 1.69. The van der Waals surface area contributed by atoms with Gasteiger partial charge in [0.1, 0.15) is 12.8 Å². The highest BCUT2D eigenvalue weighted by molar-refractivity contribution is 7.73. The quantitative estimate of drug-likeness (QED) is 0.310. The zero-order valence-corrected chi connectivity index (χ0v) is 5.81. The van der Waals surface area contributed by atoms with Gasteiger partial charge in [-0.05, 0) is 0 Å². The van der Waals surface area contributed by atoms with E-state index in [1.807, 2.05) is 30.6 Å². The number of pyridine rings is 1. The first-order valence-electron chi connectivity index (χ1n) is 2.05. The van der Waals surface area contributed by atoms with Crippen molar-refractivity contribution in [1.29, 1.82) is 0 Å². The molecule has 0 aliphatic carbocycles. The lowest BCUT2D eigenvalue weighted by atomic mass is 10.5. The van der Waals surface area contributed by atoms with Crippen molar-refractivity contribution in [3.05, 3.63) is 30.6 Å². The molecular formula is C5H6ClNS. The van der Waals surface area contributed by atoms with Crippen LogP contribution in [0.25, 0.3) is 0 Å². The minimum absolute atomic E-state index is 0. The summed E-state index contributed by atoms with van der Waals surface area (Å²) in [5.74, 6) is 0. The van der Waals surface area contributed by atoms with Crippen LogP contribution in [-0.2, 0) is 0 Å². The zero-order chi connectivity index (χ0) is 5.11. The van der Waals surface area contributed by atoms with Gasteiger partial charge in [-0.1, -0.05) is 6.07 Å². The van der Waals surface area contributed by atoms with E-state index in [1.54, 1.807) is 3.97 Å². The summed E-state index contributed by atoms with van der Waals surface area (Å²) in [5, 5.41) is 0. The first kappa shape index (κ1) is 7.79. The fourth-order valence-corrected chi connectivity index (χ4v) is 0.544. The summed E-state index contributed by atoms with van der Waals surface area (Å²) in [5.41, 5.74) is 0. The fraction of sp³-hybridized carbons (Fsp3) is 0. The molecule has 0 spiro atoms. The molecule has 0 radical (unpaired) electrons. The van der Waals surface area contributed by atoms with E-state index in [4.69, 9.17) is 0 Å². The lowest BCUT2D eigenvalue weighted by Crippen LogP contribution is -3.00. The van der Waals surface area contributed by atoms with Crippen LogP contribution in [0.2, 0.25) is 0 Å². The molecule has 1 aromatic heterocycles. The Morgan fingerprint density at radius 2 is 1.50 bits per heavy atom. The van der Waals surface area contributed by atoms with Gasteiger partial charge >= 0.3 is 0 Å². The second-order valence-corrected chi connectivity index (χ2v) is 1.72. The van der Waals surface area contributed by atoms with E-state index in [9.17, 15) is 0 Å². The molecule has 8 heavy (non-hydrogen) atoms. The molecule has 0 unspecified atom stereocenters. The summed E-state index contributed by atoms with van der Waals surface area (Å²) in [6.45, 7) is 0. The van der Waals surface area contributed by atoms with E-state index in [0.717, 1.165) is 0 Å². The third-order valence-corrected chi connectivity index (χ3v) is 0.966. The van der Waals surface area contributed by atoms with Gasteiger partial charge in [-0.2, -0.15) is 0 Å². The minimum atomic E-state index is 0. The second-order valence-electron chi connectivity index (χ2n) is 1.26. The van der Waals surface area contributed by atoms with Gasteiger partial charge in [-0.3, -0.25) is 0 Å². The van der Waals surface area contributed by atoms with Gasteiger partial charge in [-0.15, -0.1) is 3.97 Å². The van der Waals surface area contributed by atoms with Crippen LogP contribution >= 0.6 is 12.8 Å². The third-order valence-electron chi connectivity index (χ3n) is 0.700. The van der Waals surface area contributed by atoms with Crippen LogP contribution in [0, 0.1) is 0 Å². The lowest BCUT2D eigenvalue weighted by Gasteiger charge is -1.74. The first-order valence-corrected chi connectivity index (χ1v) is 2.45. The molecule has 0 N–H and O–H groups in total. The van der Waals surface area contributed by atoms with Crippen LogP contribution in [0.3, 0.4) is 0 Å². The van der Waals surface area contributed by atoms with Crippen molar-refractivity contribution in [2.75, 3.05) is 0 Å². The fourth-order valence-electron chi connectivity index (χ4n) is 0.390. The number of hydrogen-bond donors (Lipinski definition) is 1. The molecule has 0 aliphatic rings. The van der Waals surface area contributed by atoms with Crippen LogP contribution < -0.4 is 16.4 Å². The van der Waals surface area contributed by atoms with Crippen LogP contribution in [0.15, 0.2) is 30.6 Å². The molecule has 0 saturated carbocycles. The van der Waals surface area contributed by atoms with E-state index in [1.165, 1.54) is 0 Å². The summed E-state index contributed by atoms with van der Waals surface area (Å²) in [6, 6.07) is 5.80. The van der Waals surface area contributed by atoms with Crippen LogP contribution in [-0.4, -0.2) is 0 Å². The highest BCUT2D eigenvalue weighted by atomic mass is 35.5. The Hall–Kier alpha value is -0.210. The zero-order valence-electron chi connectivity index (χ0n) is 4.16. The molecule has 1 aromatic rings. The van der Waals surface area contributed by atoms with Gasteiger partial charge in [0, 0.05) is 12.1 Å². The Kier molecular flexibility index (Phi) is 3.65. The molecule has 0 aliphatic heterocycles. The largest absolute Gasteiger partial charge is 1.00 e. The third kappa shape index (κ3) is 2.19. The Balaban J connectivity index is 0.000000490. The summed E-state index contributed by atoms with van der Waals surface area (Å²) >= 11 is 4.00. The molecule has 0 bridgehead atoms. The molecule has 0 amide bonds. The Morgan fingerprint density at radius 3 is 1.75 bits per heavy atom. The number of nitrogens with zero attached hydrogens (tertiary/aromatic N) is 1. The average molecular weight is 148 g/mol. The monoisotopic (exact) mass is 147 g/mol. The van der Waals surface area contributed by atoms with Crippen molar-refractivity contribution in [2.45, 2.75) is 0 Å². The van der Waals surface area contributed by atoms with E-state index in [-0.39, 0.29) is 12.4 Å². The van der Waals surface area contributed by atoms with Crippen molar-refractivity contribution in [3.63, 3.8) is 0 Å². The van der Waals surface area contributed by atoms with Gasteiger partial charge in [0.2, 0.25) is 0 Å². The van der Waals surface area contributed by atoms with Gasteiger partial charge < -0.3 is 12.4 Å². The molecule has 0 saturated heterocycles. The van der Waals surface area contributed by atoms with Gasteiger partial charge in [0.15, 0.2) is 12.4 Å². The lowest BCUT2D eigenvalue weighted by molar-refractivity contribution is -0.489. The minimum Gasteiger partial charge on any atom is -1.00 e. The molecular weight excluding hydrogens is 142 g/mol. The van der Waals surface area contributed by atoms with Crippen LogP contribution in [0.1, 0.15) is 0 Å². The Labute approximate surface area is 60.3 Å². The maximum absolute atomic E-state index is 4.00. The summed E-state index contributed by atoms with van der Waals surface area (Å²) in [6.07, 6.45) is 3.73. The van der Waals surface area contributed by atoms with Crippen molar-refractivity contribution in [2.24, 2.45) is 0 Å². The topological polar surface area (TPSA) is 3.88 Å². The van der Waals surface area contributed by atoms with Crippen molar-refractivity contribution in [1.82, 2.24) is 0 Å². The SMILES string of the molecule is S[n+]1ccccc1.[Cl-]. The Morgan fingerprint density at radius 1 is 1.00 bits per heavy atom. The highest BCUT2D eigenvalue weighted by Gasteiger charge is 1.80. The van der Waals surface area contributed by atoms with E-state index in [0.29, 0.717) is 0 Å². The highest BCUT2D eigenvalue weighted by Crippen LogP contribution is 1.75. The van der Waals surface area contributed by atoms with Crippen molar-refractivity contribution >= 4 is 12.8 Å². The predicted octanol–water partition coefficient (Wildman–Crippen LogP) is -2.33. The van der Waals surface area contributed by atoms with Gasteiger partial charge in [0.05, 0.1) is 0 Å². The molecule has 0 aromatic carbocycles. The molecule has 1 heterocycles. The molecule has 3 heteroatoms. The first-order chi connectivity index (χ1) is 3.39. The maximum atomic E-state index is 4.00. The maximum Gasteiger partial charge on any atom is 0.183 e. The molecule has 44 valence electrons. The average Bonchev–Trinajstić information content (AvgIpc) is 1.69. The second kappa shape index (κ2) is 3.75. The summed E-state index contributed by atoms with van der Waals surface area (Å²) in [4.78, 5) is 0. The van der Waals surface area contributed by atoms with Crippen molar-refractivity contribution < 1.29 is 16.4 Å². The predicted molar refractivity (Wildman–Crippen MR) is 31.0 cm³/mol. The number of aromatic nitrogens is 1. The summed E-state index contributed by atoms with van der Waals surface area (Å²) in [7, 11) is 0. The number of halogens is 1. The smallest absolute Gasteiger partial charge is 0.183 e. The molecule has 1 nitrogen and oxygen atoms in total. The van der Waals surface area contributed by atoms with Crippen LogP contribution in [0.5, 0.6) is 0 Å². The van der Waals surface area contributed by atoms with Gasteiger partial charge in [0.25, 0.3) is 0 Å². The molecule has 1 rings (SSSR count). The molecule has 0 fully saturated rings. The number of hydrogen-bond acceptors (Lipinski definition) is 1. The van der Waals surface area contributed by atoms with E-state index in [2.05, 4.69) is 12.8 Å². The van der Waals surface area contributed by atoms with E-state index < -0.39 is 0 Å². The molecule has 0 atom stereocenters. The van der Waals surface area contributed by atoms with Crippen molar-refractivity contribution in [3.8, 4) is 0 Å². The normalized spacial score (nSPS) is 7.62. The van der Waals surface area contributed by atoms with Gasteiger partial charge in [-0.25, -0.2) is 0 Å².